The third-order valence-corrected chi connectivity index (χ3v) is 3.40. The molecule has 0 saturated carbocycles. The van der Waals surface area contributed by atoms with Crippen molar-refractivity contribution in [3.8, 4) is 0 Å². The topological polar surface area (TPSA) is 57.6 Å². The lowest BCUT2D eigenvalue weighted by molar-refractivity contribution is -0.140. The van der Waals surface area contributed by atoms with Crippen molar-refractivity contribution >= 4 is 23.6 Å². The quantitative estimate of drug-likeness (QED) is 0.676. The Morgan fingerprint density at radius 2 is 2.06 bits per heavy atom. The molecule has 0 aliphatic heterocycles. The number of hydrogen-bond donors (Lipinski definition) is 1. The predicted octanol–water partition coefficient (Wildman–Crippen LogP) is 1.86. The number of amides is 1. The molecule has 17 heavy (non-hydrogen) atoms. The summed E-state index contributed by atoms with van der Waals surface area (Å²) in [5.74, 6) is -0.397. The molecule has 5 heteroatoms. The van der Waals surface area contributed by atoms with E-state index in [4.69, 9.17) is 5.11 Å². The largest absolute Gasteiger partial charge is 0.481 e. The minimum absolute atomic E-state index is 0.0399. The molecular formula is C12H21NO3S. The van der Waals surface area contributed by atoms with Crippen molar-refractivity contribution in [3.05, 3.63) is 12.2 Å². The number of aliphatic carboxylic acids is 1. The molecule has 1 unspecified atom stereocenters. The number of carbonyl (C=O) groups excluding carboxylic acids is 1. The standard InChI is InChI=1S/C12H21NO3S/c1-5-13(6-9(2)3)11(14)8-17-7-10(4)12(15)16/h10H,2,5-8H2,1,3-4H3,(H,15,16). The van der Waals surface area contributed by atoms with Crippen LogP contribution in [0.25, 0.3) is 0 Å². The van der Waals surface area contributed by atoms with Gasteiger partial charge in [-0.3, -0.25) is 9.59 Å². The number of nitrogens with zero attached hydrogens (tertiary/aromatic N) is 1. The second kappa shape index (κ2) is 8.17. The van der Waals surface area contributed by atoms with E-state index in [0.29, 0.717) is 24.6 Å². The Bertz CT molecular complexity index is 291. The highest BCUT2D eigenvalue weighted by Crippen LogP contribution is 2.10. The van der Waals surface area contributed by atoms with Crippen molar-refractivity contribution in [3.63, 3.8) is 0 Å². The summed E-state index contributed by atoms with van der Waals surface area (Å²) in [6, 6.07) is 0. The van der Waals surface area contributed by atoms with E-state index in [1.165, 1.54) is 11.8 Å². The first kappa shape index (κ1) is 16.0. The Morgan fingerprint density at radius 1 is 1.47 bits per heavy atom. The van der Waals surface area contributed by atoms with Gasteiger partial charge in [-0.2, -0.15) is 11.8 Å². The zero-order chi connectivity index (χ0) is 13.4. The van der Waals surface area contributed by atoms with Gasteiger partial charge in [0.2, 0.25) is 5.91 Å². The van der Waals surface area contributed by atoms with Gasteiger partial charge in [0.1, 0.15) is 0 Å². The van der Waals surface area contributed by atoms with Crippen molar-refractivity contribution in [2.75, 3.05) is 24.6 Å². The molecule has 0 heterocycles. The number of rotatable bonds is 8. The van der Waals surface area contributed by atoms with Gasteiger partial charge in [0.05, 0.1) is 11.7 Å². The van der Waals surface area contributed by atoms with Crippen LogP contribution in [0, 0.1) is 5.92 Å². The van der Waals surface area contributed by atoms with Crippen LogP contribution in [0.2, 0.25) is 0 Å². The van der Waals surface area contributed by atoms with Crippen LogP contribution in [-0.2, 0) is 9.59 Å². The highest BCUT2D eigenvalue weighted by molar-refractivity contribution is 7.99. The van der Waals surface area contributed by atoms with Crippen LogP contribution in [0.5, 0.6) is 0 Å². The molecule has 0 aromatic rings. The molecule has 4 nitrogen and oxygen atoms in total. The van der Waals surface area contributed by atoms with E-state index in [1.54, 1.807) is 11.8 Å². The zero-order valence-electron chi connectivity index (χ0n) is 10.7. The summed E-state index contributed by atoms with van der Waals surface area (Å²) in [6.45, 7) is 10.5. The monoisotopic (exact) mass is 259 g/mol. The maximum atomic E-state index is 11.8. The van der Waals surface area contributed by atoms with Crippen molar-refractivity contribution in [1.82, 2.24) is 4.90 Å². The molecule has 0 spiro atoms. The third kappa shape index (κ3) is 7.05. The predicted molar refractivity (Wildman–Crippen MR) is 71.2 cm³/mol. The number of likely N-dealkylation sites (N-methyl/N-ethyl adjacent to an activating group) is 1. The Labute approximate surface area is 107 Å². The van der Waals surface area contributed by atoms with E-state index in [-0.39, 0.29) is 5.91 Å². The summed E-state index contributed by atoms with van der Waals surface area (Å²) in [5.41, 5.74) is 0.948. The molecule has 1 amide bonds. The Morgan fingerprint density at radius 3 is 2.47 bits per heavy atom. The van der Waals surface area contributed by atoms with Gasteiger partial charge in [-0.25, -0.2) is 0 Å². The Balaban J connectivity index is 3.98. The first-order chi connectivity index (χ1) is 7.88. The van der Waals surface area contributed by atoms with Gasteiger partial charge in [0, 0.05) is 18.8 Å². The smallest absolute Gasteiger partial charge is 0.307 e. The second-order valence-corrected chi connectivity index (χ2v) is 5.15. The molecule has 1 N–H and O–H groups in total. The maximum absolute atomic E-state index is 11.8. The fraction of sp³-hybridized carbons (Fsp3) is 0.667. The van der Waals surface area contributed by atoms with Gasteiger partial charge in [0.25, 0.3) is 0 Å². The number of hydrogen-bond acceptors (Lipinski definition) is 3. The highest BCUT2D eigenvalue weighted by Gasteiger charge is 2.14. The summed E-state index contributed by atoms with van der Waals surface area (Å²) in [7, 11) is 0. The number of carboxylic acids is 1. The molecule has 1 atom stereocenters. The van der Waals surface area contributed by atoms with Crippen molar-refractivity contribution in [2.45, 2.75) is 20.8 Å². The summed E-state index contributed by atoms with van der Waals surface area (Å²) < 4.78 is 0. The summed E-state index contributed by atoms with van der Waals surface area (Å²) >= 11 is 1.37. The Hall–Kier alpha value is -0.970. The average molecular weight is 259 g/mol. The van der Waals surface area contributed by atoms with Crippen molar-refractivity contribution in [2.24, 2.45) is 5.92 Å². The van der Waals surface area contributed by atoms with Crippen molar-refractivity contribution < 1.29 is 14.7 Å². The fourth-order valence-electron chi connectivity index (χ4n) is 1.19. The highest BCUT2D eigenvalue weighted by atomic mass is 32.2. The molecule has 0 rings (SSSR count). The van der Waals surface area contributed by atoms with E-state index in [1.807, 2.05) is 13.8 Å². The van der Waals surface area contributed by atoms with Crippen LogP contribution in [0.1, 0.15) is 20.8 Å². The number of carboxylic acid groups (broad SMARTS) is 1. The number of carbonyl (C=O) groups is 2. The van der Waals surface area contributed by atoms with Crippen LogP contribution in [0.4, 0.5) is 0 Å². The van der Waals surface area contributed by atoms with Gasteiger partial charge in [0.15, 0.2) is 0 Å². The summed E-state index contributed by atoms with van der Waals surface area (Å²) in [5, 5.41) is 8.70. The van der Waals surface area contributed by atoms with Crippen LogP contribution in [0.3, 0.4) is 0 Å². The van der Waals surface area contributed by atoms with E-state index in [9.17, 15) is 9.59 Å². The first-order valence-corrected chi connectivity index (χ1v) is 6.76. The van der Waals surface area contributed by atoms with Crippen LogP contribution >= 0.6 is 11.8 Å². The SMILES string of the molecule is C=C(C)CN(CC)C(=O)CSCC(C)C(=O)O. The van der Waals surface area contributed by atoms with Crippen LogP contribution in [0.15, 0.2) is 12.2 Å². The Kier molecular flexibility index (Phi) is 7.70. The first-order valence-electron chi connectivity index (χ1n) is 5.61. The van der Waals surface area contributed by atoms with Crippen LogP contribution < -0.4 is 0 Å². The maximum Gasteiger partial charge on any atom is 0.307 e. The normalized spacial score (nSPS) is 11.9. The number of thioether (sulfide) groups is 1. The van der Waals surface area contributed by atoms with Gasteiger partial charge in [-0.1, -0.05) is 19.1 Å². The van der Waals surface area contributed by atoms with Gasteiger partial charge < -0.3 is 10.0 Å². The molecule has 0 fully saturated rings. The molecule has 0 aromatic carbocycles. The molecule has 0 saturated heterocycles. The molecule has 0 bridgehead atoms. The fourth-order valence-corrected chi connectivity index (χ4v) is 2.16. The zero-order valence-corrected chi connectivity index (χ0v) is 11.5. The summed E-state index contributed by atoms with van der Waals surface area (Å²) in [4.78, 5) is 24.1. The van der Waals surface area contributed by atoms with E-state index >= 15 is 0 Å². The molecule has 0 aromatic heterocycles. The van der Waals surface area contributed by atoms with Crippen LogP contribution in [-0.4, -0.2) is 46.5 Å². The lowest BCUT2D eigenvalue weighted by atomic mass is 10.2. The average Bonchev–Trinajstić information content (AvgIpc) is 2.24. The minimum atomic E-state index is -0.820. The lowest BCUT2D eigenvalue weighted by Crippen LogP contribution is -2.33. The van der Waals surface area contributed by atoms with Gasteiger partial charge >= 0.3 is 5.97 Å². The molecule has 0 radical (unpaired) electrons. The molecular weight excluding hydrogens is 238 g/mol. The van der Waals surface area contributed by atoms with E-state index in [0.717, 1.165) is 5.57 Å². The van der Waals surface area contributed by atoms with E-state index < -0.39 is 11.9 Å². The second-order valence-electron chi connectivity index (χ2n) is 4.12. The molecule has 0 aliphatic rings. The van der Waals surface area contributed by atoms with Gasteiger partial charge in [-0.05, 0) is 13.8 Å². The summed E-state index contributed by atoms with van der Waals surface area (Å²) in [6.07, 6.45) is 0. The van der Waals surface area contributed by atoms with Gasteiger partial charge in [-0.15, -0.1) is 0 Å². The van der Waals surface area contributed by atoms with Crippen molar-refractivity contribution in [1.29, 1.82) is 0 Å². The molecule has 0 aliphatic carbocycles. The lowest BCUT2D eigenvalue weighted by Gasteiger charge is -2.20. The van der Waals surface area contributed by atoms with E-state index in [2.05, 4.69) is 6.58 Å². The third-order valence-electron chi connectivity index (χ3n) is 2.21. The minimum Gasteiger partial charge on any atom is -0.481 e. The molecule has 98 valence electrons.